The molecule has 0 atom stereocenters. The molecule has 0 aromatic heterocycles. The SMILES string of the molecule is O=[N+]([O-])c1cc(Br)c(F)cc1N(CCO)C1CCC1. The maximum Gasteiger partial charge on any atom is 0.293 e. The van der Waals surface area contributed by atoms with E-state index in [1.165, 1.54) is 6.07 Å². The molecular formula is C12H14BrFN2O3. The predicted octanol–water partition coefficient (Wildman–Crippen LogP) is 2.85. The lowest BCUT2D eigenvalue weighted by atomic mass is 9.91. The van der Waals surface area contributed by atoms with Crippen molar-refractivity contribution < 1.29 is 14.4 Å². The van der Waals surface area contributed by atoms with Crippen LogP contribution in [0.1, 0.15) is 19.3 Å². The van der Waals surface area contributed by atoms with Crippen LogP contribution in [0.15, 0.2) is 16.6 Å². The third-order valence-electron chi connectivity index (χ3n) is 3.38. The van der Waals surface area contributed by atoms with E-state index in [1.807, 2.05) is 0 Å². The molecule has 19 heavy (non-hydrogen) atoms. The van der Waals surface area contributed by atoms with Crippen LogP contribution in [0.3, 0.4) is 0 Å². The Bertz CT molecular complexity index is 494. The van der Waals surface area contributed by atoms with Crippen LogP contribution in [0.25, 0.3) is 0 Å². The molecule has 0 radical (unpaired) electrons. The molecule has 104 valence electrons. The number of hydrogen-bond acceptors (Lipinski definition) is 4. The highest BCUT2D eigenvalue weighted by Crippen LogP contribution is 2.37. The minimum absolute atomic E-state index is 0.0699. The second-order valence-corrected chi connectivity index (χ2v) is 5.37. The summed E-state index contributed by atoms with van der Waals surface area (Å²) in [5.74, 6) is -0.539. The van der Waals surface area contributed by atoms with Crippen molar-refractivity contribution in [3.05, 3.63) is 32.5 Å². The number of nitro groups is 1. The molecule has 1 fully saturated rings. The molecule has 5 nitrogen and oxygen atoms in total. The Hall–Kier alpha value is -1.21. The minimum Gasteiger partial charge on any atom is -0.395 e. The monoisotopic (exact) mass is 332 g/mol. The molecule has 0 heterocycles. The van der Waals surface area contributed by atoms with Crippen molar-refractivity contribution in [1.82, 2.24) is 0 Å². The zero-order chi connectivity index (χ0) is 14.0. The Morgan fingerprint density at radius 2 is 2.21 bits per heavy atom. The van der Waals surface area contributed by atoms with Crippen molar-refractivity contribution in [2.45, 2.75) is 25.3 Å². The van der Waals surface area contributed by atoms with Crippen molar-refractivity contribution in [1.29, 1.82) is 0 Å². The zero-order valence-electron chi connectivity index (χ0n) is 10.2. The van der Waals surface area contributed by atoms with E-state index in [-0.39, 0.29) is 35.0 Å². The van der Waals surface area contributed by atoms with Gasteiger partial charge in [0.25, 0.3) is 5.69 Å². The van der Waals surface area contributed by atoms with Crippen LogP contribution in [0.2, 0.25) is 0 Å². The number of hydrogen-bond donors (Lipinski definition) is 1. The summed E-state index contributed by atoms with van der Waals surface area (Å²) in [5.41, 5.74) is 0.0954. The lowest BCUT2D eigenvalue weighted by Crippen LogP contribution is -2.42. The fourth-order valence-corrected chi connectivity index (χ4v) is 2.54. The van der Waals surface area contributed by atoms with Gasteiger partial charge >= 0.3 is 0 Å². The average molecular weight is 333 g/mol. The molecule has 1 aromatic rings. The normalized spacial score (nSPS) is 15.1. The molecular weight excluding hydrogens is 319 g/mol. The first-order valence-corrected chi connectivity index (χ1v) is 6.85. The van der Waals surface area contributed by atoms with Crippen molar-refractivity contribution >= 4 is 27.3 Å². The summed E-state index contributed by atoms with van der Waals surface area (Å²) >= 11 is 2.96. The lowest BCUT2D eigenvalue weighted by molar-refractivity contribution is -0.384. The summed E-state index contributed by atoms with van der Waals surface area (Å²) in [5, 5.41) is 20.2. The van der Waals surface area contributed by atoms with Gasteiger partial charge in [-0.15, -0.1) is 0 Å². The molecule has 0 saturated heterocycles. The van der Waals surface area contributed by atoms with E-state index in [0.717, 1.165) is 25.3 Å². The standard InChI is InChI=1S/C12H14BrFN2O3/c13-9-6-12(16(18)19)11(7-10(9)14)15(4-5-17)8-2-1-3-8/h6-8,17H,1-5H2. The average Bonchev–Trinajstić information content (AvgIpc) is 2.29. The summed E-state index contributed by atoms with van der Waals surface area (Å²) < 4.78 is 13.7. The number of halogens is 2. The van der Waals surface area contributed by atoms with E-state index < -0.39 is 10.7 Å². The Morgan fingerprint density at radius 3 is 2.68 bits per heavy atom. The van der Waals surface area contributed by atoms with Crippen molar-refractivity contribution in [3.63, 3.8) is 0 Å². The van der Waals surface area contributed by atoms with Crippen LogP contribution in [0, 0.1) is 15.9 Å². The molecule has 0 aliphatic heterocycles. The van der Waals surface area contributed by atoms with E-state index in [0.29, 0.717) is 0 Å². The summed E-state index contributed by atoms with van der Waals surface area (Å²) in [4.78, 5) is 12.3. The molecule has 2 rings (SSSR count). The third kappa shape index (κ3) is 2.87. The second-order valence-electron chi connectivity index (χ2n) is 4.51. The largest absolute Gasteiger partial charge is 0.395 e. The predicted molar refractivity (Wildman–Crippen MR) is 72.8 cm³/mol. The summed E-state index contributed by atoms with van der Waals surface area (Å²) in [6.07, 6.45) is 2.88. The van der Waals surface area contributed by atoms with Gasteiger partial charge in [-0.1, -0.05) is 0 Å². The van der Waals surface area contributed by atoms with Crippen molar-refractivity contribution in [3.8, 4) is 0 Å². The van der Waals surface area contributed by atoms with E-state index >= 15 is 0 Å². The summed E-state index contributed by atoms with van der Waals surface area (Å²) in [6.45, 7) is 0.151. The highest BCUT2D eigenvalue weighted by atomic mass is 79.9. The Labute approximate surface area is 118 Å². The van der Waals surface area contributed by atoms with Gasteiger partial charge in [0.1, 0.15) is 11.5 Å². The molecule has 0 amide bonds. The van der Waals surface area contributed by atoms with Gasteiger partial charge in [-0.05, 0) is 35.2 Å². The van der Waals surface area contributed by atoms with Crippen molar-refractivity contribution in [2.75, 3.05) is 18.1 Å². The molecule has 1 aliphatic rings. The highest BCUT2D eigenvalue weighted by Gasteiger charge is 2.30. The fourth-order valence-electron chi connectivity index (χ4n) is 2.21. The maximum atomic E-state index is 13.6. The molecule has 7 heteroatoms. The number of benzene rings is 1. The number of nitro benzene ring substituents is 1. The molecule has 1 aliphatic carbocycles. The molecule has 1 saturated carbocycles. The van der Waals surface area contributed by atoms with Gasteiger partial charge in [0, 0.05) is 24.7 Å². The first-order chi connectivity index (χ1) is 9.04. The summed E-state index contributed by atoms with van der Waals surface area (Å²) in [7, 11) is 0. The van der Waals surface area contributed by atoms with Crippen LogP contribution in [0.4, 0.5) is 15.8 Å². The van der Waals surface area contributed by atoms with Gasteiger partial charge in [-0.2, -0.15) is 0 Å². The molecule has 0 bridgehead atoms. The number of aliphatic hydroxyl groups is 1. The Kier molecular flexibility index (Phi) is 4.36. The van der Waals surface area contributed by atoms with Crippen LogP contribution in [-0.4, -0.2) is 29.2 Å². The number of nitrogens with zero attached hydrogens (tertiary/aromatic N) is 2. The van der Waals surface area contributed by atoms with Crippen LogP contribution >= 0.6 is 15.9 Å². The number of aliphatic hydroxyl groups excluding tert-OH is 1. The van der Waals surface area contributed by atoms with Gasteiger partial charge in [0.05, 0.1) is 16.0 Å². The van der Waals surface area contributed by atoms with E-state index in [9.17, 15) is 14.5 Å². The molecule has 0 spiro atoms. The first kappa shape index (κ1) is 14.2. The second kappa shape index (κ2) is 5.83. The maximum absolute atomic E-state index is 13.6. The van der Waals surface area contributed by atoms with Crippen LogP contribution in [-0.2, 0) is 0 Å². The van der Waals surface area contributed by atoms with E-state index in [4.69, 9.17) is 5.11 Å². The van der Waals surface area contributed by atoms with Gasteiger partial charge in [-0.25, -0.2) is 4.39 Å². The van der Waals surface area contributed by atoms with Crippen LogP contribution in [0.5, 0.6) is 0 Å². The molecule has 1 N–H and O–H groups in total. The van der Waals surface area contributed by atoms with E-state index in [1.54, 1.807) is 4.90 Å². The molecule has 1 aromatic carbocycles. The minimum atomic E-state index is -0.539. The number of anilines is 1. The Morgan fingerprint density at radius 1 is 1.53 bits per heavy atom. The Balaban J connectivity index is 2.44. The van der Waals surface area contributed by atoms with Gasteiger partial charge < -0.3 is 10.0 Å². The highest BCUT2D eigenvalue weighted by molar-refractivity contribution is 9.10. The van der Waals surface area contributed by atoms with Gasteiger partial charge in [0.15, 0.2) is 0 Å². The lowest BCUT2D eigenvalue weighted by Gasteiger charge is -2.38. The summed E-state index contributed by atoms with van der Waals surface area (Å²) in [6, 6.07) is 2.48. The third-order valence-corrected chi connectivity index (χ3v) is 3.99. The number of rotatable bonds is 5. The quantitative estimate of drug-likeness (QED) is 0.665. The van der Waals surface area contributed by atoms with Crippen LogP contribution < -0.4 is 4.90 Å². The van der Waals surface area contributed by atoms with E-state index in [2.05, 4.69) is 15.9 Å². The zero-order valence-corrected chi connectivity index (χ0v) is 11.8. The van der Waals surface area contributed by atoms with Gasteiger partial charge in [-0.3, -0.25) is 10.1 Å². The smallest absolute Gasteiger partial charge is 0.293 e. The van der Waals surface area contributed by atoms with Gasteiger partial charge in [0.2, 0.25) is 0 Å². The fraction of sp³-hybridized carbons (Fsp3) is 0.500. The topological polar surface area (TPSA) is 66.6 Å². The first-order valence-electron chi connectivity index (χ1n) is 6.05. The molecule has 0 unspecified atom stereocenters. The van der Waals surface area contributed by atoms with Crippen molar-refractivity contribution in [2.24, 2.45) is 0 Å².